The van der Waals surface area contributed by atoms with Crippen LogP contribution in [0.15, 0.2) is 30.6 Å². The van der Waals surface area contributed by atoms with Crippen LogP contribution in [0.4, 0.5) is 23.5 Å². The van der Waals surface area contributed by atoms with E-state index >= 15 is 0 Å². The van der Waals surface area contributed by atoms with E-state index in [-0.39, 0.29) is 37.0 Å². The molecule has 7 nitrogen and oxygen atoms in total. The molecule has 29 heavy (non-hydrogen) atoms. The van der Waals surface area contributed by atoms with Crippen molar-refractivity contribution >= 4 is 23.5 Å². The second kappa shape index (κ2) is 8.19. The van der Waals surface area contributed by atoms with Gasteiger partial charge < -0.3 is 0 Å². The highest BCUT2D eigenvalue weighted by Gasteiger charge is 2.38. The molecule has 0 unspecified atom stereocenters. The summed E-state index contributed by atoms with van der Waals surface area (Å²) in [6.45, 7) is 1.54. The molecule has 2 heterocycles. The average Bonchev–Trinajstić information content (AvgIpc) is 3.18. The molecule has 0 fully saturated rings. The Morgan fingerprint density at radius 2 is 2.03 bits per heavy atom. The van der Waals surface area contributed by atoms with Crippen LogP contribution in [0.1, 0.15) is 23.4 Å². The Balaban J connectivity index is 1.57. The summed E-state index contributed by atoms with van der Waals surface area (Å²) in [5.41, 5.74) is -0.404. The lowest BCUT2D eigenvalue weighted by atomic mass is 10.2. The third-order valence-electron chi connectivity index (χ3n) is 3.97. The van der Waals surface area contributed by atoms with Crippen molar-refractivity contribution in [1.29, 1.82) is 0 Å². The maximum atomic E-state index is 13.2. The van der Waals surface area contributed by atoms with Crippen LogP contribution in [0.5, 0.6) is 0 Å². The molecule has 0 saturated heterocycles. The van der Waals surface area contributed by atoms with Crippen LogP contribution in [-0.4, -0.2) is 30.5 Å². The number of anilines is 1. The number of carbonyl (C=O) groups is 1. The minimum Gasteiger partial charge on any atom is -0.293 e. The van der Waals surface area contributed by atoms with Crippen molar-refractivity contribution in [1.82, 2.24) is 24.5 Å². The second-order valence-corrected chi connectivity index (χ2v) is 6.54. The molecule has 0 aliphatic rings. The molecule has 0 bridgehead atoms. The number of halogens is 5. The number of nitrogens with zero attached hydrogens (tertiary/aromatic N) is 5. The van der Waals surface area contributed by atoms with Gasteiger partial charge in [0, 0.05) is 6.42 Å². The van der Waals surface area contributed by atoms with E-state index in [0.29, 0.717) is 5.56 Å². The van der Waals surface area contributed by atoms with E-state index in [0.717, 1.165) is 4.68 Å². The molecule has 1 N–H and O–H groups in total. The number of carbonyl (C=O) groups excluding carboxylic acids is 1. The highest BCUT2D eigenvalue weighted by molar-refractivity contribution is 6.31. The van der Waals surface area contributed by atoms with Crippen molar-refractivity contribution in [2.45, 2.75) is 32.6 Å². The summed E-state index contributed by atoms with van der Waals surface area (Å²) >= 11 is 5.67. The molecule has 1 aromatic carbocycles. The number of hydrogen-bond acceptors (Lipinski definition) is 4. The van der Waals surface area contributed by atoms with Gasteiger partial charge in [-0.3, -0.25) is 14.8 Å². The molecule has 1 amide bonds. The Morgan fingerprint density at radius 1 is 1.28 bits per heavy atom. The summed E-state index contributed by atoms with van der Waals surface area (Å²) in [4.78, 5) is 16.0. The van der Waals surface area contributed by atoms with Crippen LogP contribution in [0.2, 0.25) is 5.02 Å². The summed E-state index contributed by atoms with van der Waals surface area (Å²) in [6.07, 6.45) is -3.46. The smallest absolute Gasteiger partial charge is 0.293 e. The van der Waals surface area contributed by atoms with Crippen LogP contribution in [0.25, 0.3) is 0 Å². The Kier molecular flexibility index (Phi) is 5.87. The Bertz CT molecular complexity index is 1030. The Morgan fingerprint density at radius 3 is 2.69 bits per heavy atom. The van der Waals surface area contributed by atoms with Gasteiger partial charge in [-0.05, 0) is 24.6 Å². The van der Waals surface area contributed by atoms with Gasteiger partial charge in [0.05, 0.1) is 23.8 Å². The summed E-state index contributed by atoms with van der Waals surface area (Å²) in [7, 11) is 0. The van der Waals surface area contributed by atoms with Gasteiger partial charge in [-0.25, -0.2) is 14.1 Å². The SMILES string of the molecule is Cc1c(Cl)c(C(F)(F)F)nn1CCC(=O)Nc1ncn(Cc2cccc(F)c2)n1. The zero-order valence-electron chi connectivity index (χ0n) is 15.0. The predicted octanol–water partition coefficient (Wildman–Crippen LogP) is 3.67. The molecular formula is C17H15ClF4N6O. The van der Waals surface area contributed by atoms with Gasteiger partial charge in [0.1, 0.15) is 12.1 Å². The minimum atomic E-state index is -4.67. The number of rotatable bonds is 6. The van der Waals surface area contributed by atoms with E-state index in [1.165, 1.54) is 30.1 Å². The van der Waals surface area contributed by atoms with Crippen LogP contribution < -0.4 is 5.32 Å². The first-order chi connectivity index (χ1) is 13.6. The van der Waals surface area contributed by atoms with Gasteiger partial charge >= 0.3 is 6.18 Å². The maximum Gasteiger partial charge on any atom is 0.436 e. The lowest BCUT2D eigenvalue weighted by Crippen LogP contribution is -2.17. The molecule has 12 heteroatoms. The van der Waals surface area contributed by atoms with E-state index < -0.39 is 22.8 Å². The molecule has 2 aromatic heterocycles. The second-order valence-electron chi connectivity index (χ2n) is 6.16. The lowest BCUT2D eigenvalue weighted by Gasteiger charge is -2.04. The van der Waals surface area contributed by atoms with Crippen LogP contribution in [-0.2, 0) is 24.1 Å². The number of nitrogens with one attached hydrogen (secondary N) is 1. The third-order valence-corrected chi connectivity index (χ3v) is 4.43. The zero-order chi connectivity index (χ0) is 21.2. The number of aromatic nitrogens is 5. The average molecular weight is 431 g/mol. The molecule has 0 spiro atoms. The van der Waals surface area contributed by atoms with E-state index in [2.05, 4.69) is 20.5 Å². The van der Waals surface area contributed by atoms with Crippen LogP contribution in [0.3, 0.4) is 0 Å². The highest BCUT2D eigenvalue weighted by atomic mass is 35.5. The first-order valence-electron chi connectivity index (χ1n) is 8.37. The van der Waals surface area contributed by atoms with Crippen molar-refractivity contribution in [3.05, 3.63) is 58.4 Å². The molecule has 3 aromatic rings. The van der Waals surface area contributed by atoms with E-state index in [1.807, 2.05) is 0 Å². The molecule has 0 saturated carbocycles. The standard InChI is InChI=1S/C17H15ClF4N6O/c1-10-14(18)15(17(20,21)22)25-28(10)6-5-13(29)24-16-23-9-27(26-16)8-11-3-2-4-12(19)7-11/h2-4,7,9H,5-6,8H2,1H3,(H,24,26,29). The van der Waals surface area contributed by atoms with Gasteiger partial charge in [0.15, 0.2) is 5.69 Å². The number of aryl methyl sites for hydroxylation is 1. The van der Waals surface area contributed by atoms with Crippen LogP contribution in [0, 0.1) is 12.7 Å². The predicted molar refractivity (Wildman–Crippen MR) is 95.7 cm³/mol. The Labute approximate surface area is 167 Å². The van der Waals surface area contributed by atoms with Gasteiger partial charge in [-0.2, -0.15) is 18.3 Å². The quantitative estimate of drug-likeness (QED) is 0.605. The highest BCUT2D eigenvalue weighted by Crippen LogP contribution is 2.35. The van der Waals surface area contributed by atoms with E-state index in [9.17, 15) is 22.4 Å². The number of amides is 1. The number of hydrogen-bond donors (Lipinski definition) is 1. The van der Waals surface area contributed by atoms with Crippen molar-refractivity contribution in [3.63, 3.8) is 0 Å². The number of benzene rings is 1. The summed E-state index contributed by atoms with van der Waals surface area (Å²) in [5, 5.41) is 9.45. The van der Waals surface area contributed by atoms with E-state index in [1.54, 1.807) is 12.1 Å². The molecule has 0 aliphatic heterocycles. The fourth-order valence-corrected chi connectivity index (χ4v) is 2.81. The normalized spacial score (nSPS) is 11.7. The first kappa shape index (κ1) is 20.8. The van der Waals surface area contributed by atoms with Crippen molar-refractivity contribution in [3.8, 4) is 0 Å². The summed E-state index contributed by atoms with van der Waals surface area (Å²) in [5.74, 6) is -0.857. The zero-order valence-corrected chi connectivity index (χ0v) is 15.8. The topological polar surface area (TPSA) is 77.6 Å². The molecule has 0 radical (unpaired) electrons. The summed E-state index contributed by atoms with van der Waals surface area (Å²) < 4.78 is 54.1. The fourth-order valence-electron chi connectivity index (χ4n) is 2.57. The van der Waals surface area contributed by atoms with Gasteiger partial charge in [0.2, 0.25) is 11.9 Å². The Hall–Kier alpha value is -2.95. The molecule has 154 valence electrons. The minimum absolute atomic E-state index is 0.0256. The van der Waals surface area contributed by atoms with Crippen molar-refractivity contribution < 1.29 is 22.4 Å². The van der Waals surface area contributed by atoms with Crippen LogP contribution >= 0.6 is 11.6 Å². The first-order valence-corrected chi connectivity index (χ1v) is 8.75. The molecule has 3 rings (SSSR count). The van der Waals surface area contributed by atoms with Gasteiger partial charge in [-0.15, -0.1) is 5.10 Å². The molecular weight excluding hydrogens is 416 g/mol. The van der Waals surface area contributed by atoms with Crippen molar-refractivity contribution in [2.24, 2.45) is 0 Å². The third kappa shape index (κ3) is 5.11. The molecule has 0 atom stereocenters. The monoisotopic (exact) mass is 430 g/mol. The van der Waals surface area contributed by atoms with E-state index in [4.69, 9.17) is 11.6 Å². The fraction of sp³-hybridized carbons (Fsp3) is 0.294. The lowest BCUT2D eigenvalue weighted by molar-refractivity contribution is -0.141. The van der Waals surface area contributed by atoms with Gasteiger partial charge in [-0.1, -0.05) is 23.7 Å². The maximum absolute atomic E-state index is 13.2. The van der Waals surface area contributed by atoms with Crippen molar-refractivity contribution in [2.75, 3.05) is 5.32 Å². The molecule has 0 aliphatic carbocycles. The van der Waals surface area contributed by atoms with Gasteiger partial charge in [0.25, 0.3) is 0 Å². The largest absolute Gasteiger partial charge is 0.436 e. The number of alkyl halides is 3. The summed E-state index contributed by atoms with van der Waals surface area (Å²) in [6, 6.07) is 5.96.